The fourth-order valence-corrected chi connectivity index (χ4v) is 6.04. The third-order valence-electron chi connectivity index (χ3n) is 8.01. The summed E-state index contributed by atoms with van der Waals surface area (Å²) in [5, 5.41) is 1.02. The monoisotopic (exact) mass is 523 g/mol. The number of furan rings is 1. The van der Waals surface area contributed by atoms with Gasteiger partial charge in [-0.2, -0.15) is 13.2 Å². The van der Waals surface area contributed by atoms with E-state index in [0.29, 0.717) is 31.6 Å². The zero-order valence-corrected chi connectivity index (χ0v) is 20.8. The van der Waals surface area contributed by atoms with Crippen molar-refractivity contribution in [3.05, 3.63) is 60.4 Å². The van der Waals surface area contributed by atoms with Crippen molar-refractivity contribution >= 4 is 28.6 Å². The molecule has 1 saturated carbocycles. The van der Waals surface area contributed by atoms with Gasteiger partial charge in [-0.1, -0.05) is 43.2 Å². The van der Waals surface area contributed by atoms with Crippen LogP contribution in [0.3, 0.4) is 0 Å². The van der Waals surface area contributed by atoms with Crippen LogP contribution in [0.4, 0.5) is 13.2 Å². The molecule has 1 saturated heterocycles. The molecule has 0 radical (unpaired) electrons. The number of benzene rings is 2. The van der Waals surface area contributed by atoms with Crippen LogP contribution in [0, 0.1) is 5.92 Å². The van der Waals surface area contributed by atoms with E-state index < -0.39 is 24.0 Å². The number of hydrogen-bond donors (Lipinski definition) is 0. The van der Waals surface area contributed by atoms with Gasteiger partial charge in [0.05, 0.1) is 6.26 Å². The van der Waals surface area contributed by atoms with E-state index in [4.69, 9.17) is 9.41 Å². The number of amidine groups is 1. The van der Waals surface area contributed by atoms with E-state index in [1.54, 1.807) is 11.2 Å². The molecule has 1 unspecified atom stereocenters. The van der Waals surface area contributed by atoms with E-state index in [2.05, 4.69) is 6.07 Å². The average Bonchev–Trinajstić information content (AvgIpc) is 3.68. The van der Waals surface area contributed by atoms with Gasteiger partial charge in [0, 0.05) is 30.6 Å². The Morgan fingerprint density at radius 1 is 1.03 bits per heavy atom. The molecule has 38 heavy (non-hydrogen) atoms. The molecule has 3 heterocycles. The lowest BCUT2D eigenvalue weighted by Gasteiger charge is -2.25. The van der Waals surface area contributed by atoms with E-state index in [0.717, 1.165) is 40.5 Å². The number of carbonyl (C=O) groups excluding carboxylic acids is 2. The number of hydrogen-bond acceptors (Lipinski definition) is 4. The van der Waals surface area contributed by atoms with E-state index in [1.807, 2.05) is 42.5 Å². The smallest absolute Gasteiger partial charge is 0.397 e. The number of rotatable bonds is 5. The predicted molar refractivity (Wildman–Crippen MR) is 136 cm³/mol. The number of amides is 2. The molecule has 0 bridgehead atoms. The van der Waals surface area contributed by atoms with Gasteiger partial charge in [-0.25, -0.2) is 0 Å². The molecule has 0 N–H and O–H groups in total. The SMILES string of the molecule is O=C(CC(F)(F)F)N1CCC(CN2C(=O)C3(CCCC3)N=C2c2ccc(-c3ccc4occc4c3)cc2)C1. The van der Waals surface area contributed by atoms with Gasteiger partial charge in [0.1, 0.15) is 23.4 Å². The molecule has 9 heteroatoms. The van der Waals surface area contributed by atoms with Gasteiger partial charge in [0.25, 0.3) is 5.91 Å². The van der Waals surface area contributed by atoms with Crippen LogP contribution in [0.5, 0.6) is 0 Å². The highest BCUT2D eigenvalue weighted by Gasteiger charge is 2.50. The zero-order valence-electron chi connectivity index (χ0n) is 20.8. The summed E-state index contributed by atoms with van der Waals surface area (Å²) < 4.78 is 43.6. The van der Waals surface area contributed by atoms with Crippen LogP contribution in [0.15, 0.2) is 64.2 Å². The summed E-state index contributed by atoms with van der Waals surface area (Å²) in [5.74, 6) is -0.412. The van der Waals surface area contributed by atoms with Gasteiger partial charge in [-0.05, 0) is 54.5 Å². The number of nitrogens with zero attached hydrogens (tertiary/aromatic N) is 3. The van der Waals surface area contributed by atoms with E-state index in [1.165, 1.54) is 4.90 Å². The molecule has 6 rings (SSSR count). The van der Waals surface area contributed by atoms with Crippen molar-refractivity contribution < 1.29 is 27.2 Å². The molecule has 1 aliphatic carbocycles. The minimum atomic E-state index is -4.52. The highest BCUT2D eigenvalue weighted by Crippen LogP contribution is 2.41. The van der Waals surface area contributed by atoms with Crippen LogP contribution in [-0.4, -0.2) is 58.8 Å². The Bertz CT molecular complexity index is 1400. The topological polar surface area (TPSA) is 66.1 Å². The molecule has 1 spiro atoms. The molecule has 2 aliphatic heterocycles. The lowest BCUT2D eigenvalue weighted by atomic mass is 9.97. The Balaban J connectivity index is 1.23. The van der Waals surface area contributed by atoms with E-state index >= 15 is 0 Å². The third kappa shape index (κ3) is 4.59. The van der Waals surface area contributed by atoms with Gasteiger partial charge in [0.2, 0.25) is 5.91 Å². The molecule has 2 fully saturated rings. The van der Waals surface area contributed by atoms with Gasteiger partial charge in [-0.3, -0.25) is 19.5 Å². The first-order valence-electron chi connectivity index (χ1n) is 13.1. The molecular formula is C29H28F3N3O3. The number of aliphatic imine (C=N–C) groups is 1. The lowest BCUT2D eigenvalue weighted by molar-refractivity contribution is -0.160. The highest BCUT2D eigenvalue weighted by molar-refractivity contribution is 6.15. The predicted octanol–water partition coefficient (Wildman–Crippen LogP) is 5.80. The van der Waals surface area contributed by atoms with Gasteiger partial charge in [-0.15, -0.1) is 0 Å². The Labute approximate surface area is 218 Å². The highest BCUT2D eigenvalue weighted by atomic mass is 19.4. The Morgan fingerprint density at radius 3 is 2.47 bits per heavy atom. The number of fused-ring (bicyclic) bond motifs is 1. The minimum Gasteiger partial charge on any atom is -0.464 e. The number of likely N-dealkylation sites (tertiary alicyclic amines) is 1. The Morgan fingerprint density at radius 2 is 1.74 bits per heavy atom. The summed E-state index contributed by atoms with van der Waals surface area (Å²) in [5.41, 5.74) is 2.99. The molecule has 6 nitrogen and oxygen atoms in total. The van der Waals surface area contributed by atoms with Crippen molar-refractivity contribution in [1.82, 2.24) is 9.80 Å². The number of alkyl halides is 3. The maximum absolute atomic E-state index is 13.7. The van der Waals surface area contributed by atoms with E-state index in [9.17, 15) is 22.8 Å². The van der Waals surface area contributed by atoms with Crippen molar-refractivity contribution in [2.24, 2.45) is 10.9 Å². The van der Waals surface area contributed by atoms with Crippen LogP contribution in [0.1, 0.15) is 44.1 Å². The standard InChI is InChI=1S/C29H28F3N3O3/c30-29(31,32)16-25(36)34-13-9-19(17-34)18-35-26(33-28(27(35)37)11-1-2-12-28)21-5-3-20(4-6-21)22-7-8-24-23(15-22)10-14-38-24/h3-8,10,14-15,19H,1-2,9,11-13,16-18H2. The summed E-state index contributed by atoms with van der Waals surface area (Å²) in [7, 11) is 0. The molecule has 3 aliphatic rings. The van der Waals surface area contributed by atoms with Gasteiger partial charge < -0.3 is 9.32 Å². The zero-order chi connectivity index (χ0) is 26.5. The largest absolute Gasteiger partial charge is 0.464 e. The van der Waals surface area contributed by atoms with Crippen LogP contribution in [-0.2, 0) is 9.59 Å². The Kier molecular flexibility index (Phi) is 6.04. The molecule has 3 aromatic rings. The van der Waals surface area contributed by atoms with Crippen molar-refractivity contribution in [3.8, 4) is 11.1 Å². The maximum Gasteiger partial charge on any atom is 0.397 e. The summed E-state index contributed by atoms with van der Waals surface area (Å²) in [6.07, 6.45) is -0.461. The number of carbonyl (C=O) groups is 2. The summed E-state index contributed by atoms with van der Waals surface area (Å²) in [6.45, 7) is 0.831. The fourth-order valence-electron chi connectivity index (χ4n) is 6.04. The average molecular weight is 524 g/mol. The quantitative estimate of drug-likeness (QED) is 0.425. The molecule has 198 valence electrons. The molecule has 2 amide bonds. The molecule has 2 aromatic carbocycles. The summed E-state index contributed by atoms with van der Waals surface area (Å²) in [4.78, 5) is 33.7. The van der Waals surface area contributed by atoms with Crippen LogP contribution < -0.4 is 0 Å². The summed E-state index contributed by atoms with van der Waals surface area (Å²) in [6, 6.07) is 15.9. The van der Waals surface area contributed by atoms with Crippen LogP contribution >= 0.6 is 0 Å². The second-order valence-electron chi connectivity index (χ2n) is 10.6. The van der Waals surface area contributed by atoms with Crippen molar-refractivity contribution in [2.45, 2.75) is 50.2 Å². The molecular weight excluding hydrogens is 495 g/mol. The second kappa shape index (κ2) is 9.29. The Hall–Kier alpha value is -3.62. The first-order chi connectivity index (χ1) is 18.2. The first kappa shape index (κ1) is 24.7. The third-order valence-corrected chi connectivity index (χ3v) is 8.01. The summed E-state index contributed by atoms with van der Waals surface area (Å²) >= 11 is 0. The second-order valence-corrected chi connectivity index (χ2v) is 10.6. The van der Waals surface area contributed by atoms with Gasteiger partial charge in [0.15, 0.2) is 0 Å². The first-order valence-corrected chi connectivity index (χ1v) is 13.1. The van der Waals surface area contributed by atoms with Crippen molar-refractivity contribution in [3.63, 3.8) is 0 Å². The number of halogens is 3. The van der Waals surface area contributed by atoms with Crippen LogP contribution in [0.25, 0.3) is 22.1 Å². The molecule has 1 aromatic heterocycles. The van der Waals surface area contributed by atoms with E-state index in [-0.39, 0.29) is 24.9 Å². The van der Waals surface area contributed by atoms with Crippen molar-refractivity contribution in [2.75, 3.05) is 19.6 Å². The fraction of sp³-hybridized carbons (Fsp3) is 0.414. The minimum absolute atomic E-state index is 0.0282. The lowest BCUT2D eigenvalue weighted by Crippen LogP contribution is -2.44. The van der Waals surface area contributed by atoms with Gasteiger partial charge >= 0.3 is 6.18 Å². The molecule has 1 atom stereocenters. The van der Waals surface area contributed by atoms with Crippen LogP contribution in [0.2, 0.25) is 0 Å². The maximum atomic E-state index is 13.7. The van der Waals surface area contributed by atoms with Crippen molar-refractivity contribution in [1.29, 1.82) is 0 Å². The normalized spacial score (nSPS) is 21.2.